The van der Waals surface area contributed by atoms with E-state index in [9.17, 15) is 4.79 Å². The van der Waals surface area contributed by atoms with Crippen molar-refractivity contribution in [1.29, 1.82) is 5.26 Å². The number of carbonyl (C=O) groups is 1. The molecule has 0 saturated carbocycles. The molecule has 1 aromatic heterocycles. The minimum atomic E-state index is -0.942. The minimum Gasteiger partial charge on any atom is -0.478 e. The fourth-order valence-corrected chi connectivity index (χ4v) is 2.15. The Hall–Kier alpha value is -3.39. The summed E-state index contributed by atoms with van der Waals surface area (Å²) in [5.74, 6) is -0.942. The summed E-state index contributed by atoms with van der Waals surface area (Å²) in [5, 5.41) is 25.8. The molecule has 3 rings (SSSR count). The summed E-state index contributed by atoms with van der Waals surface area (Å²) in [5.41, 5.74) is 3.29. The van der Waals surface area contributed by atoms with E-state index in [1.54, 1.807) is 36.4 Å². The number of nitrogens with zero attached hydrogens (tertiary/aromatic N) is 2. The average molecular weight is 289 g/mol. The molecule has 5 nitrogen and oxygen atoms in total. The number of aromatic nitrogens is 2. The molecule has 1 heterocycles. The zero-order chi connectivity index (χ0) is 15.5. The maximum absolute atomic E-state index is 10.8. The molecule has 0 saturated heterocycles. The molecule has 0 radical (unpaired) electrons. The number of nitriles is 1. The monoisotopic (exact) mass is 289 g/mol. The van der Waals surface area contributed by atoms with Crippen molar-refractivity contribution in [3.05, 3.63) is 64.8 Å². The first-order valence-electron chi connectivity index (χ1n) is 6.57. The number of carboxylic acid groups (broad SMARTS) is 1. The maximum atomic E-state index is 10.8. The Kier molecular flexibility index (Phi) is 3.42. The number of nitrogens with one attached hydrogen (secondary N) is 1. The normalized spacial score (nSPS) is 10.9. The van der Waals surface area contributed by atoms with E-state index in [0.717, 1.165) is 22.2 Å². The van der Waals surface area contributed by atoms with Gasteiger partial charge in [0, 0.05) is 5.39 Å². The van der Waals surface area contributed by atoms with Crippen molar-refractivity contribution in [2.24, 2.45) is 0 Å². The zero-order valence-electron chi connectivity index (χ0n) is 11.4. The van der Waals surface area contributed by atoms with Gasteiger partial charge in [-0.25, -0.2) is 4.79 Å². The summed E-state index contributed by atoms with van der Waals surface area (Å²) >= 11 is 0. The van der Waals surface area contributed by atoms with Crippen LogP contribution in [-0.4, -0.2) is 21.3 Å². The molecular formula is C17H11N3O2. The van der Waals surface area contributed by atoms with Gasteiger partial charge in [0.1, 0.15) is 0 Å². The Labute approximate surface area is 126 Å². The number of H-pyrrole nitrogens is 1. The van der Waals surface area contributed by atoms with E-state index < -0.39 is 5.97 Å². The molecule has 0 aliphatic carbocycles. The van der Waals surface area contributed by atoms with Gasteiger partial charge in [-0.3, -0.25) is 5.10 Å². The zero-order valence-corrected chi connectivity index (χ0v) is 11.4. The quantitative estimate of drug-likeness (QED) is 0.774. The molecule has 0 aliphatic heterocycles. The molecule has 0 unspecified atom stereocenters. The number of hydrogen-bond donors (Lipinski definition) is 2. The molecule has 2 N–H and O–H groups in total. The molecule has 0 amide bonds. The van der Waals surface area contributed by atoms with Gasteiger partial charge in [-0.1, -0.05) is 18.2 Å². The second-order valence-electron chi connectivity index (χ2n) is 4.74. The van der Waals surface area contributed by atoms with Gasteiger partial charge in [-0.05, 0) is 42.0 Å². The molecule has 3 aromatic rings. The lowest BCUT2D eigenvalue weighted by molar-refractivity contribution is 0.0697. The molecule has 5 heteroatoms. The smallest absolute Gasteiger partial charge is 0.335 e. The molecule has 0 atom stereocenters. The van der Waals surface area contributed by atoms with Crippen molar-refractivity contribution in [2.75, 3.05) is 0 Å². The van der Waals surface area contributed by atoms with Crippen molar-refractivity contribution >= 4 is 29.0 Å². The highest BCUT2D eigenvalue weighted by Crippen LogP contribution is 2.19. The summed E-state index contributed by atoms with van der Waals surface area (Å²) in [6.45, 7) is 0. The lowest BCUT2D eigenvalue weighted by Crippen LogP contribution is -1.94. The van der Waals surface area contributed by atoms with Crippen LogP contribution in [0.15, 0.2) is 42.5 Å². The van der Waals surface area contributed by atoms with Gasteiger partial charge in [0.2, 0.25) is 0 Å². The highest BCUT2D eigenvalue weighted by Gasteiger charge is 2.04. The number of hydrogen-bond acceptors (Lipinski definition) is 3. The van der Waals surface area contributed by atoms with Gasteiger partial charge in [0.15, 0.2) is 0 Å². The number of aromatic amines is 1. The second-order valence-corrected chi connectivity index (χ2v) is 4.74. The van der Waals surface area contributed by atoms with Crippen LogP contribution in [0.5, 0.6) is 0 Å². The molecule has 2 aromatic carbocycles. The van der Waals surface area contributed by atoms with E-state index in [1.165, 1.54) is 0 Å². The summed E-state index contributed by atoms with van der Waals surface area (Å²) in [7, 11) is 0. The summed E-state index contributed by atoms with van der Waals surface area (Å²) in [6, 6.07) is 14.0. The SMILES string of the molecule is N#Cc1ccc2c(/C=C/c3ccc(C(=O)O)cc3)n[nH]c2c1. The summed E-state index contributed by atoms with van der Waals surface area (Å²) in [6.07, 6.45) is 3.71. The Morgan fingerprint density at radius 3 is 2.64 bits per heavy atom. The van der Waals surface area contributed by atoms with Crippen molar-refractivity contribution < 1.29 is 9.90 Å². The Balaban J connectivity index is 1.89. The first kappa shape index (κ1) is 13.6. The topological polar surface area (TPSA) is 89.8 Å². The van der Waals surface area contributed by atoms with Crippen LogP contribution in [-0.2, 0) is 0 Å². The first-order chi connectivity index (χ1) is 10.7. The standard InChI is InChI=1S/C17H11N3O2/c18-10-12-3-7-14-15(19-20-16(14)9-12)8-4-11-1-5-13(6-2-11)17(21)22/h1-9H,(H,19,20)(H,21,22)/b8-4+. The van der Waals surface area contributed by atoms with Crippen LogP contribution in [0.1, 0.15) is 27.2 Å². The predicted octanol–water partition coefficient (Wildman–Crippen LogP) is 3.30. The lowest BCUT2D eigenvalue weighted by Gasteiger charge is -1.96. The third-order valence-electron chi connectivity index (χ3n) is 3.31. The van der Waals surface area contributed by atoms with Gasteiger partial charge in [-0.2, -0.15) is 10.4 Å². The van der Waals surface area contributed by atoms with Gasteiger partial charge < -0.3 is 5.11 Å². The van der Waals surface area contributed by atoms with E-state index in [-0.39, 0.29) is 5.56 Å². The van der Waals surface area contributed by atoms with Gasteiger partial charge >= 0.3 is 5.97 Å². The third-order valence-corrected chi connectivity index (χ3v) is 3.31. The van der Waals surface area contributed by atoms with Crippen LogP contribution < -0.4 is 0 Å². The summed E-state index contributed by atoms with van der Waals surface area (Å²) in [4.78, 5) is 10.8. The Bertz CT molecular complexity index is 915. The van der Waals surface area contributed by atoms with E-state index in [4.69, 9.17) is 10.4 Å². The minimum absolute atomic E-state index is 0.256. The molecule has 0 aliphatic rings. The van der Waals surface area contributed by atoms with E-state index >= 15 is 0 Å². The fourth-order valence-electron chi connectivity index (χ4n) is 2.15. The van der Waals surface area contributed by atoms with Crippen molar-refractivity contribution in [3.8, 4) is 6.07 Å². The number of carboxylic acids is 1. The first-order valence-corrected chi connectivity index (χ1v) is 6.57. The van der Waals surface area contributed by atoms with Gasteiger partial charge in [-0.15, -0.1) is 0 Å². The highest BCUT2D eigenvalue weighted by molar-refractivity contribution is 5.90. The van der Waals surface area contributed by atoms with Crippen LogP contribution in [0.2, 0.25) is 0 Å². The summed E-state index contributed by atoms with van der Waals surface area (Å²) < 4.78 is 0. The van der Waals surface area contributed by atoms with Crippen LogP contribution >= 0.6 is 0 Å². The van der Waals surface area contributed by atoms with Crippen molar-refractivity contribution in [1.82, 2.24) is 10.2 Å². The van der Waals surface area contributed by atoms with Crippen molar-refractivity contribution in [2.45, 2.75) is 0 Å². The van der Waals surface area contributed by atoms with Gasteiger partial charge in [0.05, 0.1) is 28.4 Å². The van der Waals surface area contributed by atoms with Crippen LogP contribution in [0.3, 0.4) is 0 Å². The third kappa shape index (κ3) is 2.58. The lowest BCUT2D eigenvalue weighted by atomic mass is 10.1. The van der Waals surface area contributed by atoms with Crippen molar-refractivity contribution in [3.63, 3.8) is 0 Å². The van der Waals surface area contributed by atoms with Crippen LogP contribution in [0, 0.1) is 11.3 Å². The molecule has 106 valence electrons. The average Bonchev–Trinajstić information content (AvgIpc) is 2.95. The predicted molar refractivity (Wildman–Crippen MR) is 83.1 cm³/mol. The number of fused-ring (bicyclic) bond motifs is 1. The maximum Gasteiger partial charge on any atom is 0.335 e. The van der Waals surface area contributed by atoms with E-state index in [1.807, 2.05) is 18.2 Å². The molecule has 0 spiro atoms. The molecule has 0 fully saturated rings. The molecule has 0 bridgehead atoms. The Morgan fingerprint density at radius 2 is 1.95 bits per heavy atom. The van der Waals surface area contributed by atoms with Crippen LogP contribution in [0.25, 0.3) is 23.1 Å². The highest BCUT2D eigenvalue weighted by atomic mass is 16.4. The largest absolute Gasteiger partial charge is 0.478 e. The number of aromatic carboxylic acids is 1. The molecular weight excluding hydrogens is 278 g/mol. The number of rotatable bonds is 3. The van der Waals surface area contributed by atoms with E-state index in [2.05, 4.69) is 16.3 Å². The Morgan fingerprint density at radius 1 is 1.18 bits per heavy atom. The fraction of sp³-hybridized carbons (Fsp3) is 0. The van der Waals surface area contributed by atoms with Crippen LogP contribution in [0.4, 0.5) is 0 Å². The second kappa shape index (κ2) is 5.54. The number of benzene rings is 2. The van der Waals surface area contributed by atoms with E-state index in [0.29, 0.717) is 5.56 Å². The molecule has 22 heavy (non-hydrogen) atoms. The van der Waals surface area contributed by atoms with Gasteiger partial charge in [0.25, 0.3) is 0 Å².